The van der Waals surface area contributed by atoms with Crippen molar-refractivity contribution < 1.29 is 14.6 Å². The number of benzene rings is 1. The van der Waals surface area contributed by atoms with E-state index in [2.05, 4.69) is 34.1 Å². The molecule has 3 heterocycles. The van der Waals surface area contributed by atoms with Gasteiger partial charge in [-0.25, -0.2) is 0 Å². The summed E-state index contributed by atoms with van der Waals surface area (Å²) in [6.45, 7) is 2.10. The monoisotopic (exact) mass is 390 g/mol. The van der Waals surface area contributed by atoms with Gasteiger partial charge in [0.25, 0.3) is 0 Å². The van der Waals surface area contributed by atoms with Gasteiger partial charge in [-0.3, -0.25) is 9.69 Å². The van der Waals surface area contributed by atoms with E-state index < -0.39 is 6.10 Å². The smallest absolute Gasteiger partial charge is 0.311 e. The number of piperidine rings is 1. The number of methoxy groups -OCH3 is 1. The van der Waals surface area contributed by atoms with Crippen molar-refractivity contribution in [3.63, 3.8) is 0 Å². The number of hydrogen-bond acceptors (Lipinski definition) is 4. The number of fused-ring (bicyclic) bond motifs is 6. The van der Waals surface area contributed by atoms with Gasteiger partial charge in [0.1, 0.15) is 0 Å². The number of aliphatic hydroxyl groups excluding tert-OH is 1. The molecule has 5 atom stereocenters. The number of para-hydroxylation sites is 1. The average Bonchev–Trinajstić information content (AvgIpc) is 3.05. The number of aromatic amines is 1. The third-order valence-electron chi connectivity index (χ3n) is 7.02. The van der Waals surface area contributed by atoms with E-state index in [1.807, 2.05) is 0 Å². The second-order valence-electron chi connectivity index (χ2n) is 8.18. The molecular formula is C21H27ClN2O3. The molecule has 2 fully saturated rings. The molecule has 27 heavy (non-hydrogen) atoms. The number of aromatic nitrogens is 1. The summed E-state index contributed by atoms with van der Waals surface area (Å²) in [5.41, 5.74) is 3.96. The molecule has 1 saturated carbocycles. The molecule has 0 spiro atoms. The fourth-order valence-corrected chi connectivity index (χ4v) is 5.80. The minimum absolute atomic E-state index is 0. The normalized spacial score (nSPS) is 32.7. The number of nitrogens with zero attached hydrogens (tertiary/aromatic N) is 1. The van der Waals surface area contributed by atoms with Crippen LogP contribution in [-0.2, 0) is 16.0 Å². The first-order valence-electron chi connectivity index (χ1n) is 9.76. The largest absolute Gasteiger partial charge is 0.469 e. The average molecular weight is 391 g/mol. The lowest BCUT2D eigenvalue weighted by atomic mass is 9.65. The number of carbonyl (C=O) groups is 1. The van der Waals surface area contributed by atoms with E-state index in [1.165, 1.54) is 29.3 Å². The minimum atomic E-state index is -0.568. The van der Waals surface area contributed by atoms with Gasteiger partial charge in [0, 0.05) is 29.7 Å². The maximum atomic E-state index is 12.4. The molecule has 3 aliphatic rings. The molecule has 2 aliphatic heterocycles. The third kappa shape index (κ3) is 2.87. The second kappa shape index (κ2) is 7.12. The van der Waals surface area contributed by atoms with Gasteiger partial charge in [0.05, 0.1) is 25.2 Å². The number of nitrogens with one attached hydrogen (secondary N) is 1. The van der Waals surface area contributed by atoms with Crippen molar-refractivity contribution in [1.82, 2.24) is 9.88 Å². The molecule has 146 valence electrons. The van der Waals surface area contributed by atoms with Gasteiger partial charge in [-0.2, -0.15) is 0 Å². The second-order valence-corrected chi connectivity index (χ2v) is 8.18. The number of aliphatic hydroxyl groups is 1. The predicted octanol–water partition coefficient (Wildman–Crippen LogP) is 3.07. The van der Waals surface area contributed by atoms with Crippen LogP contribution in [0.1, 0.15) is 36.6 Å². The Kier molecular flexibility index (Phi) is 4.95. The van der Waals surface area contributed by atoms with Crippen molar-refractivity contribution in [2.75, 3.05) is 20.2 Å². The highest BCUT2D eigenvalue weighted by Crippen LogP contribution is 2.49. The van der Waals surface area contributed by atoms with Crippen molar-refractivity contribution in [2.45, 2.75) is 37.8 Å². The van der Waals surface area contributed by atoms with Crippen LogP contribution in [0.5, 0.6) is 0 Å². The number of rotatable bonds is 1. The minimum Gasteiger partial charge on any atom is -0.469 e. The van der Waals surface area contributed by atoms with E-state index in [9.17, 15) is 9.90 Å². The first kappa shape index (κ1) is 18.8. The summed E-state index contributed by atoms with van der Waals surface area (Å²) < 4.78 is 5.04. The molecule has 1 unspecified atom stereocenters. The Balaban J connectivity index is 0.00000180. The number of esters is 1. The van der Waals surface area contributed by atoms with E-state index >= 15 is 0 Å². The Morgan fingerprint density at radius 1 is 1.30 bits per heavy atom. The number of hydrogen-bond donors (Lipinski definition) is 2. The molecule has 0 bridgehead atoms. The highest BCUT2D eigenvalue weighted by Gasteiger charge is 2.49. The molecule has 1 saturated heterocycles. The van der Waals surface area contributed by atoms with Crippen LogP contribution in [0, 0.1) is 17.8 Å². The van der Waals surface area contributed by atoms with Crippen LogP contribution in [0.2, 0.25) is 0 Å². The van der Waals surface area contributed by atoms with E-state index in [-0.39, 0.29) is 30.2 Å². The third-order valence-corrected chi connectivity index (χ3v) is 7.02. The molecule has 1 aromatic heterocycles. The first-order chi connectivity index (χ1) is 12.7. The Morgan fingerprint density at radius 3 is 2.93 bits per heavy atom. The van der Waals surface area contributed by atoms with Gasteiger partial charge < -0.3 is 14.8 Å². The summed E-state index contributed by atoms with van der Waals surface area (Å²) in [4.78, 5) is 18.6. The zero-order valence-corrected chi connectivity index (χ0v) is 16.4. The van der Waals surface area contributed by atoms with Crippen molar-refractivity contribution in [3.8, 4) is 0 Å². The number of halogens is 1. The summed E-state index contributed by atoms with van der Waals surface area (Å²) in [5, 5.41) is 11.8. The van der Waals surface area contributed by atoms with E-state index in [0.717, 1.165) is 32.4 Å². The molecular weight excluding hydrogens is 364 g/mol. The van der Waals surface area contributed by atoms with Gasteiger partial charge in [0.2, 0.25) is 0 Å². The van der Waals surface area contributed by atoms with Crippen LogP contribution in [0.3, 0.4) is 0 Å². The summed E-state index contributed by atoms with van der Waals surface area (Å²) in [6, 6.07) is 8.83. The van der Waals surface area contributed by atoms with Gasteiger partial charge >= 0.3 is 5.97 Å². The molecule has 6 heteroatoms. The zero-order valence-electron chi connectivity index (χ0n) is 15.6. The van der Waals surface area contributed by atoms with E-state index in [4.69, 9.17) is 4.74 Å². The summed E-state index contributed by atoms with van der Waals surface area (Å²) in [7, 11) is 1.43. The number of H-pyrrole nitrogens is 1. The molecule has 5 rings (SSSR count). The number of ether oxygens (including phenoxy) is 1. The molecule has 2 N–H and O–H groups in total. The fraction of sp³-hybridized carbons (Fsp3) is 0.571. The van der Waals surface area contributed by atoms with Crippen molar-refractivity contribution in [1.29, 1.82) is 0 Å². The quantitative estimate of drug-likeness (QED) is 0.734. The van der Waals surface area contributed by atoms with Crippen LogP contribution < -0.4 is 0 Å². The molecule has 0 radical (unpaired) electrons. The van der Waals surface area contributed by atoms with E-state index in [1.54, 1.807) is 0 Å². The lowest BCUT2D eigenvalue weighted by molar-refractivity contribution is -0.160. The van der Waals surface area contributed by atoms with Gasteiger partial charge in [-0.05, 0) is 49.1 Å². The predicted molar refractivity (Wildman–Crippen MR) is 106 cm³/mol. The standard InChI is InChI=1S/C21H26N2O3.ClH/c1-26-21(25)19-15-10-17-20-14(13-4-2-3-5-16(13)22-20)8-9-23(17)11-12(15)6-7-18(19)24;/h2-5,12,15,17-19,22,24H,6-11H2,1H3;1H/t12-,15+,17+,18?,19+;/m1./s1. The number of carbonyl (C=O) groups excluding carboxylic acids is 1. The first-order valence-corrected chi connectivity index (χ1v) is 9.76. The van der Waals surface area contributed by atoms with Gasteiger partial charge in [-0.1, -0.05) is 18.2 Å². The maximum absolute atomic E-state index is 12.4. The zero-order chi connectivity index (χ0) is 17.8. The lowest BCUT2D eigenvalue weighted by Crippen LogP contribution is -2.53. The maximum Gasteiger partial charge on any atom is 0.311 e. The topological polar surface area (TPSA) is 65.6 Å². The highest BCUT2D eigenvalue weighted by atomic mass is 35.5. The van der Waals surface area contributed by atoms with Gasteiger partial charge in [-0.15, -0.1) is 12.4 Å². The molecule has 2 aromatic rings. The van der Waals surface area contributed by atoms with Gasteiger partial charge in [0.15, 0.2) is 0 Å². The Labute approximate surface area is 165 Å². The molecule has 1 aromatic carbocycles. The van der Waals surface area contributed by atoms with Crippen LogP contribution in [0.25, 0.3) is 10.9 Å². The summed E-state index contributed by atoms with van der Waals surface area (Å²) in [6.07, 6.45) is 3.14. The Bertz CT molecular complexity index is 851. The molecule has 0 amide bonds. The highest BCUT2D eigenvalue weighted by molar-refractivity contribution is 5.85. The fourth-order valence-electron chi connectivity index (χ4n) is 5.80. The van der Waals surface area contributed by atoms with Crippen LogP contribution in [0.15, 0.2) is 24.3 Å². The van der Waals surface area contributed by atoms with Crippen LogP contribution in [0.4, 0.5) is 0 Å². The Hall–Kier alpha value is -1.56. The lowest BCUT2D eigenvalue weighted by Gasteiger charge is -2.50. The van der Waals surface area contributed by atoms with Crippen LogP contribution >= 0.6 is 12.4 Å². The van der Waals surface area contributed by atoms with Crippen molar-refractivity contribution in [3.05, 3.63) is 35.5 Å². The summed E-state index contributed by atoms with van der Waals surface area (Å²) >= 11 is 0. The summed E-state index contributed by atoms with van der Waals surface area (Å²) in [5.74, 6) is 0.0541. The SMILES string of the molecule is COC(=O)[C@@H]1C(O)CC[C@@H]2CN3CCc4c([nH]c5ccccc45)[C@@H]3C[C@@H]21.Cl. The van der Waals surface area contributed by atoms with E-state index in [0.29, 0.717) is 18.4 Å². The molecule has 5 nitrogen and oxygen atoms in total. The van der Waals surface area contributed by atoms with Crippen molar-refractivity contribution in [2.24, 2.45) is 17.8 Å². The van der Waals surface area contributed by atoms with Crippen molar-refractivity contribution >= 4 is 29.3 Å². The molecule has 1 aliphatic carbocycles. The van der Waals surface area contributed by atoms with Crippen LogP contribution in [-0.4, -0.2) is 47.3 Å². The Morgan fingerprint density at radius 2 is 2.11 bits per heavy atom.